The first-order valence-electron chi connectivity index (χ1n) is 6.63. The maximum atomic E-state index is 12.4. The first-order chi connectivity index (χ1) is 9.55. The summed E-state index contributed by atoms with van der Waals surface area (Å²) < 4.78 is 24.4. The maximum Gasteiger partial charge on any atom is 0.288 e. The molecule has 1 aliphatic rings. The Bertz CT molecular complexity index is 459. The van der Waals surface area contributed by atoms with Crippen molar-refractivity contribution in [3.63, 3.8) is 0 Å². The highest BCUT2D eigenvalue weighted by molar-refractivity contribution is 7.99. The zero-order valence-electron chi connectivity index (χ0n) is 11.3. The van der Waals surface area contributed by atoms with Gasteiger partial charge in [-0.3, -0.25) is 4.79 Å². The number of alkyl halides is 2. The Labute approximate surface area is 121 Å². The zero-order valence-corrected chi connectivity index (χ0v) is 12.1. The third-order valence-electron chi connectivity index (χ3n) is 3.74. The first-order valence-corrected chi connectivity index (χ1v) is 7.51. The molecule has 3 nitrogen and oxygen atoms in total. The van der Waals surface area contributed by atoms with Crippen LogP contribution in [-0.4, -0.2) is 24.8 Å². The van der Waals surface area contributed by atoms with Crippen LogP contribution in [0, 0.1) is 5.41 Å². The zero-order chi connectivity index (χ0) is 14.6. The molecule has 1 aliphatic heterocycles. The molecule has 0 saturated carbocycles. The van der Waals surface area contributed by atoms with E-state index in [1.165, 1.54) is 0 Å². The Kier molecular flexibility index (Phi) is 4.99. The molecule has 0 aromatic heterocycles. The minimum Gasteiger partial charge on any atom is -0.326 e. The molecule has 20 heavy (non-hydrogen) atoms. The van der Waals surface area contributed by atoms with Gasteiger partial charge in [0.2, 0.25) is 5.91 Å². The molecule has 1 fully saturated rings. The van der Waals surface area contributed by atoms with Gasteiger partial charge in [-0.1, -0.05) is 18.7 Å². The molecule has 6 heteroatoms. The molecule has 1 saturated heterocycles. The smallest absolute Gasteiger partial charge is 0.288 e. The third kappa shape index (κ3) is 3.49. The molecule has 2 rings (SSSR count). The third-order valence-corrected chi connectivity index (χ3v) is 4.46. The van der Waals surface area contributed by atoms with Crippen molar-refractivity contribution in [2.45, 2.75) is 30.4 Å². The number of hydrogen-bond donors (Lipinski definition) is 2. The fourth-order valence-corrected chi connectivity index (χ4v) is 2.88. The Hall–Kier alpha value is -1.14. The maximum absolute atomic E-state index is 12.4. The van der Waals surface area contributed by atoms with E-state index in [0.717, 1.165) is 19.4 Å². The minimum atomic E-state index is -2.43. The number of carbonyl (C=O) groups is 1. The van der Waals surface area contributed by atoms with Crippen molar-refractivity contribution in [3.8, 4) is 0 Å². The summed E-state index contributed by atoms with van der Waals surface area (Å²) in [6.07, 6.45) is 1.61. The van der Waals surface area contributed by atoms with Crippen molar-refractivity contribution in [3.05, 3.63) is 24.3 Å². The summed E-state index contributed by atoms with van der Waals surface area (Å²) in [5, 5.41) is 6.09. The van der Waals surface area contributed by atoms with Gasteiger partial charge >= 0.3 is 0 Å². The standard InChI is InChI=1S/C14H18F2N2OS/c1-2-14(7-8-17-9-14)12(19)18-10-3-5-11(6-4-10)20-13(15)16/h3-6,13,17H,2,7-9H2,1H3,(H,18,19). The Balaban J connectivity index is 2.00. The SMILES string of the molecule is CCC1(C(=O)Nc2ccc(SC(F)F)cc2)CCNC1. The number of halogens is 2. The molecule has 1 heterocycles. The summed E-state index contributed by atoms with van der Waals surface area (Å²) in [6.45, 7) is 3.55. The largest absolute Gasteiger partial charge is 0.326 e. The van der Waals surface area contributed by atoms with Crippen LogP contribution < -0.4 is 10.6 Å². The van der Waals surface area contributed by atoms with Gasteiger partial charge in [0, 0.05) is 17.1 Å². The number of thioether (sulfide) groups is 1. The second kappa shape index (κ2) is 6.54. The Morgan fingerprint density at radius 2 is 2.15 bits per heavy atom. The van der Waals surface area contributed by atoms with Gasteiger partial charge in [0.15, 0.2) is 0 Å². The average molecular weight is 300 g/mol. The molecular formula is C14H18F2N2OS. The van der Waals surface area contributed by atoms with E-state index in [-0.39, 0.29) is 11.3 Å². The van der Waals surface area contributed by atoms with E-state index in [4.69, 9.17) is 0 Å². The van der Waals surface area contributed by atoms with Gasteiger partial charge in [0.25, 0.3) is 5.76 Å². The molecule has 0 aliphatic carbocycles. The molecule has 1 unspecified atom stereocenters. The number of nitrogens with one attached hydrogen (secondary N) is 2. The molecule has 0 spiro atoms. The molecule has 1 amide bonds. The molecule has 0 bridgehead atoms. The molecule has 2 N–H and O–H groups in total. The van der Waals surface area contributed by atoms with Gasteiger partial charge in [0.1, 0.15) is 0 Å². The first kappa shape index (κ1) is 15.3. The minimum absolute atomic E-state index is 0.000683. The van der Waals surface area contributed by atoms with Gasteiger partial charge in [0.05, 0.1) is 5.41 Å². The van der Waals surface area contributed by atoms with Crippen LogP contribution in [0.25, 0.3) is 0 Å². The summed E-state index contributed by atoms with van der Waals surface area (Å²) >= 11 is 0.499. The number of benzene rings is 1. The van der Waals surface area contributed by atoms with E-state index in [0.29, 0.717) is 28.9 Å². The highest BCUT2D eigenvalue weighted by Gasteiger charge is 2.39. The molecule has 1 aromatic rings. The van der Waals surface area contributed by atoms with Crippen LogP contribution in [0.2, 0.25) is 0 Å². The Morgan fingerprint density at radius 3 is 2.65 bits per heavy atom. The summed E-state index contributed by atoms with van der Waals surface area (Å²) in [4.78, 5) is 12.8. The van der Waals surface area contributed by atoms with E-state index >= 15 is 0 Å². The quantitative estimate of drug-likeness (QED) is 0.820. The van der Waals surface area contributed by atoms with E-state index in [2.05, 4.69) is 10.6 Å². The van der Waals surface area contributed by atoms with Crippen LogP contribution in [0.5, 0.6) is 0 Å². The predicted molar refractivity (Wildman–Crippen MR) is 77.1 cm³/mol. The van der Waals surface area contributed by atoms with Crippen molar-refractivity contribution >= 4 is 23.4 Å². The van der Waals surface area contributed by atoms with Gasteiger partial charge in [-0.05, 0) is 43.7 Å². The lowest BCUT2D eigenvalue weighted by Gasteiger charge is -2.25. The van der Waals surface area contributed by atoms with Crippen LogP contribution in [0.15, 0.2) is 29.2 Å². The topological polar surface area (TPSA) is 41.1 Å². The van der Waals surface area contributed by atoms with Crippen molar-refractivity contribution in [1.82, 2.24) is 5.32 Å². The number of rotatable bonds is 5. The lowest BCUT2D eigenvalue weighted by molar-refractivity contribution is -0.124. The molecule has 0 radical (unpaired) electrons. The second-order valence-electron chi connectivity index (χ2n) is 4.92. The molecular weight excluding hydrogens is 282 g/mol. The van der Waals surface area contributed by atoms with Gasteiger partial charge in [-0.25, -0.2) is 0 Å². The van der Waals surface area contributed by atoms with Crippen molar-refractivity contribution in [2.75, 3.05) is 18.4 Å². The highest BCUT2D eigenvalue weighted by atomic mass is 32.2. The summed E-state index contributed by atoms with van der Waals surface area (Å²) in [5.74, 6) is -2.43. The van der Waals surface area contributed by atoms with Crippen LogP contribution in [0.4, 0.5) is 14.5 Å². The van der Waals surface area contributed by atoms with Gasteiger partial charge < -0.3 is 10.6 Å². The summed E-state index contributed by atoms with van der Waals surface area (Å²) in [5.41, 5.74) is 0.296. The summed E-state index contributed by atoms with van der Waals surface area (Å²) in [6, 6.07) is 6.51. The molecule has 1 aromatic carbocycles. The number of hydrogen-bond acceptors (Lipinski definition) is 3. The second-order valence-corrected chi connectivity index (χ2v) is 5.98. The highest BCUT2D eigenvalue weighted by Crippen LogP contribution is 2.31. The lowest BCUT2D eigenvalue weighted by Crippen LogP contribution is -2.37. The van der Waals surface area contributed by atoms with Gasteiger partial charge in [-0.15, -0.1) is 0 Å². The van der Waals surface area contributed by atoms with E-state index < -0.39 is 5.76 Å². The fourth-order valence-electron chi connectivity index (χ4n) is 2.38. The van der Waals surface area contributed by atoms with Crippen LogP contribution >= 0.6 is 11.8 Å². The van der Waals surface area contributed by atoms with Crippen molar-refractivity contribution in [2.24, 2.45) is 5.41 Å². The monoisotopic (exact) mass is 300 g/mol. The normalized spacial score (nSPS) is 22.2. The van der Waals surface area contributed by atoms with Crippen molar-refractivity contribution < 1.29 is 13.6 Å². The number of amides is 1. The van der Waals surface area contributed by atoms with E-state index in [9.17, 15) is 13.6 Å². The van der Waals surface area contributed by atoms with Crippen LogP contribution in [0.1, 0.15) is 19.8 Å². The Morgan fingerprint density at radius 1 is 1.45 bits per heavy atom. The fraction of sp³-hybridized carbons (Fsp3) is 0.500. The number of anilines is 1. The number of carbonyl (C=O) groups excluding carboxylic acids is 1. The summed E-state index contributed by atoms with van der Waals surface area (Å²) in [7, 11) is 0. The van der Waals surface area contributed by atoms with E-state index in [1.807, 2.05) is 6.92 Å². The van der Waals surface area contributed by atoms with Crippen LogP contribution in [-0.2, 0) is 4.79 Å². The lowest BCUT2D eigenvalue weighted by atomic mass is 9.83. The van der Waals surface area contributed by atoms with Crippen molar-refractivity contribution in [1.29, 1.82) is 0 Å². The van der Waals surface area contributed by atoms with Gasteiger partial charge in [-0.2, -0.15) is 8.78 Å². The molecule has 110 valence electrons. The van der Waals surface area contributed by atoms with E-state index in [1.54, 1.807) is 24.3 Å². The average Bonchev–Trinajstić information content (AvgIpc) is 2.90. The molecule has 1 atom stereocenters. The predicted octanol–water partition coefficient (Wildman–Crippen LogP) is 3.33. The van der Waals surface area contributed by atoms with Crippen LogP contribution in [0.3, 0.4) is 0 Å².